The fraction of sp³-hybridized carbons (Fsp3) is 0.375. The summed E-state index contributed by atoms with van der Waals surface area (Å²) >= 11 is 0. The molecule has 142 valence electrons. The molecule has 0 radical (unpaired) electrons. The number of allylic oxidation sites excluding steroid dienone is 1. The number of carbonyl (C=O) groups excluding carboxylic acids is 1. The molecule has 1 aliphatic carbocycles. The zero-order chi connectivity index (χ0) is 19.2. The van der Waals surface area contributed by atoms with Crippen LogP contribution in [-0.2, 0) is 17.8 Å². The number of hydrogen-bond donors (Lipinski definition) is 1. The molecule has 0 atom stereocenters. The summed E-state index contributed by atoms with van der Waals surface area (Å²) in [5, 5.41) is 3.12. The highest BCUT2D eigenvalue weighted by Gasteiger charge is 2.19. The van der Waals surface area contributed by atoms with Crippen molar-refractivity contribution >= 4 is 5.91 Å². The van der Waals surface area contributed by atoms with Crippen LogP contribution in [-0.4, -0.2) is 13.0 Å². The zero-order valence-corrected chi connectivity index (χ0v) is 16.6. The Hall–Kier alpha value is -2.55. The second-order valence-electron chi connectivity index (χ2n) is 7.49. The normalized spacial score (nSPS) is 14.2. The third-order valence-corrected chi connectivity index (χ3v) is 5.19. The Morgan fingerprint density at radius 3 is 2.44 bits per heavy atom. The van der Waals surface area contributed by atoms with Crippen molar-refractivity contribution in [1.82, 2.24) is 5.32 Å². The lowest BCUT2D eigenvalue weighted by Gasteiger charge is -2.21. The predicted octanol–water partition coefficient (Wildman–Crippen LogP) is 5.04. The highest BCUT2D eigenvalue weighted by atomic mass is 16.5. The third kappa shape index (κ3) is 5.22. The molecule has 27 heavy (non-hydrogen) atoms. The maximum Gasteiger partial charge on any atom is 0.247 e. The number of hydrogen-bond acceptors (Lipinski definition) is 2. The molecule has 0 saturated carbocycles. The van der Waals surface area contributed by atoms with Crippen molar-refractivity contribution in [3.05, 3.63) is 75.9 Å². The minimum Gasteiger partial charge on any atom is -0.497 e. The average molecular weight is 364 g/mol. The van der Waals surface area contributed by atoms with E-state index in [1.807, 2.05) is 6.07 Å². The zero-order valence-electron chi connectivity index (χ0n) is 16.6. The Balaban J connectivity index is 1.74. The van der Waals surface area contributed by atoms with Crippen LogP contribution in [0.3, 0.4) is 0 Å². The Kier molecular flexibility index (Phi) is 6.33. The monoisotopic (exact) mass is 363 g/mol. The Bertz CT molecular complexity index is 834. The first kappa shape index (κ1) is 19.2. The van der Waals surface area contributed by atoms with Gasteiger partial charge in [0, 0.05) is 12.1 Å². The van der Waals surface area contributed by atoms with Gasteiger partial charge in [0.2, 0.25) is 5.91 Å². The van der Waals surface area contributed by atoms with Crippen molar-refractivity contribution in [1.29, 1.82) is 0 Å². The van der Waals surface area contributed by atoms with Crippen LogP contribution in [0.1, 0.15) is 47.9 Å². The number of methoxy groups -OCH3 is 1. The van der Waals surface area contributed by atoms with Gasteiger partial charge in [-0.1, -0.05) is 41.5 Å². The fourth-order valence-electron chi connectivity index (χ4n) is 3.72. The van der Waals surface area contributed by atoms with Gasteiger partial charge in [-0.25, -0.2) is 0 Å². The first-order valence-electron chi connectivity index (χ1n) is 9.74. The molecular weight excluding hydrogens is 334 g/mol. The number of ether oxygens (including phenoxy) is 1. The van der Waals surface area contributed by atoms with E-state index in [4.69, 9.17) is 4.74 Å². The van der Waals surface area contributed by atoms with Crippen molar-refractivity contribution < 1.29 is 9.53 Å². The van der Waals surface area contributed by atoms with Crippen LogP contribution in [0.15, 0.2) is 53.6 Å². The third-order valence-electron chi connectivity index (χ3n) is 5.19. The van der Waals surface area contributed by atoms with Gasteiger partial charge in [0.05, 0.1) is 7.11 Å². The highest BCUT2D eigenvalue weighted by molar-refractivity contribution is 5.94. The van der Waals surface area contributed by atoms with Crippen molar-refractivity contribution in [2.24, 2.45) is 0 Å². The summed E-state index contributed by atoms with van der Waals surface area (Å²) in [5.41, 5.74) is 7.02. The van der Waals surface area contributed by atoms with Crippen LogP contribution in [0.5, 0.6) is 5.75 Å². The molecule has 0 saturated heterocycles. The van der Waals surface area contributed by atoms with Crippen LogP contribution in [0.4, 0.5) is 0 Å². The second kappa shape index (κ2) is 8.90. The fourth-order valence-corrected chi connectivity index (χ4v) is 3.72. The van der Waals surface area contributed by atoms with E-state index in [1.54, 1.807) is 7.11 Å². The minimum atomic E-state index is 0.0879. The van der Waals surface area contributed by atoms with E-state index in [-0.39, 0.29) is 5.91 Å². The van der Waals surface area contributed by atoms with E-state index in [1.165, 1.54) is 22.3 Å². The van der Waals surface area contributed by atoms with Crippen LogP contribution in [0.2, 0.25) is 0 Å². The summed E-state index contributed by atoms with van der Waals surface area (Å²) in [6.07, 6.45) is 4.95. The molecule has 0 unspecified atom stereocenters. The maximum atomic E-state index is 12.8. The molecule has 1 N–H and O–H groups in total. The predicted molar refractivity (Wildman–Crippen MR) is 110 cm³/mol. The van der Waals surface area contributed by atoms with E-state index in [0.29, 0.717) is 6.54 Å². The van der Waals surface area contributed by atoms with E-state index in [2.05, 4.69) is 55.6 Å². The molecule has 3 heteroatoms. The molecule has 0 fully saturated rings. The van der Waals surface area contributed by atoms with Gasteiger partial charge in [-0.2, -0.15) is 0 Å². The summed E-state index contributed by atoms with van der Waals surface area (Å²) in [5.74, 6) is 0.969. The standard InChI is InChI=1S/C24H29NO2/c1-17-8-10-19(11-9-17)16-25-24(26)23-7-5-4-6-21(23)14-20-12-18(2)13-22(15-20)27-3/h8-13,15H,4-7,14,16H2,1-3H3,(H,25,26). The summed E-state index contributed by atoms with van der Waals surface area (Å²) in [6.45, 7) is 4.73. The molecular formula is C24H29NO2. The van der Waals surface area contributed by atoms with Crippen molar-refractivity contribution in [3.63, 3.8) is 0 Å². The summed E-state index contributed by atoms with van der Waals surface area (Å²) in [4.78, 5) is 12.8. The van der Waals surface area contributed by atoms with Gasteiger partial charge < -0.3 is 10.1 Å². The number of amides is 1. The van der Waals surface area contributed by atoms with Gasteiger partial charge >= 0.3 is 0 Å². The van der Waals surface area contributed by atoms with Gasteiger partial charge in [-0.15, -0.1) is 0 Å². The van der Waals surface area contributed by atoms with Gasteiger partial charge in [-0.3, -0.25) is 4.79 Å². The lowest BCUT2D eigenvalue weighted by Crippen LogP contribution is -2.27. The first-order chi connectivity index (χ1) is 13.0. The first-order valence-corrected chi connectivity index (χ1v) is 9.74. The van der Waals surface area contributed by atoms with Crippen LogP contribution < -0.4 is 10.1 Å². The summed E-state index contributed by atoms with van der Waals surface area (Å²) < 4.78 is 5.40. The SMILES string of the molecule is COc1cc(C)cc(CC2=C(C(=O)NCc3ccc(C)cc3)CCCC2)c1. The Morgan fingerprint density at radius 2 is 1.70 bits per heavy atom. The summed E-state index contributed by atoms with van der Waals surface area (Å²) in [7, 11) is 1.70. The molecule has 3 rings (SSSR count). The molecule has 0 heterocycles. The largest absolute Gasteiger partial charge is 0.497 e. The summed E-state index contributed by atoms with van der Waals surface area (Å²) in [6, 6.07) is 14.6. The smallest absolute Gasteiger partial charge is 0.247 e. The number of benzene rings is 2. The molecule has 1 amide bonds. The quantitative estimate of drug-likeness (QED) is 0.781. The lowest BCUT2D eigenvalue weighted by atomic mass is 9.87. The molecule has 1 aliphatic rings. The van der Waals surface area contributed by atoms with Gasteiger partial charge in [-0.05, 0) is 74.8 Å². The molecule has 3 nitrogen and oxygen atoms in total. The lowest BCUT2D eigenvalue weighted by molar-refractivity contribution is -0.117. The molecule has 2 aromatic rings. The van der Waals surface area contributed by atoms with E-state index in [0.717, 1.165) is 49.0 Å². The molecule has 0 aliphatic heterocycles. The number of carbonyl (C=O) groups is 1. The molecule has 0 spiro atoms. The molecule has 2 aromatic carbocycles. The van der Waals surface area contributed by atoms with Crippen LogP contribution >= 0.6 is 0 Å². The van der Waals surface area contributed by atoms with E-state index < -0.39 is 0 Å². The topological polar surface area (TPSA) is 38.3 Å². The van der Waals surface area contributed by atoms with Gasteiger partial charge in [0.25, 0.3) is 0 Å². The van der Waals surface area contributed by atoms with Crippen LogP contribution in [0.25, 0.3) is 0 Å². The van der Waals surface area contributed by atoms with Crippen molar-refractivity contribution in [2.75, 3.05) is 7.11 Å². The molecule has 0 aromatic heterocycles. The Morgan fingerprint density at radius 1 is 0.963 bits per heavy atom. The average Bonchev–Trinajstić information content (AvgIpc) is 2.67. The van der Waals surface area contributed by atoms with Crippen molar-refractivity contribution in [3.8, 4) is 5.75 Å². The minimum absolute atomic E-state index is 0.0879. The highest BCUT2D eigenvalue weighted by Crippen LogP contribution is 2.29. The van der Waals surface area contributed by atoms with E-state index in [9.17, 15) is 4.79 Å². The number of aryl methyl sites for hydroxylation is 2. The molecule has 0 bridgehead atoms. The Labute approximate surface area is 162 Å². The van der Waals surface area contributed by atoms with Crippen LogP contribution in [0, 0.1) is 13.8 Å². The number of nitrogens with one attached hydrogen (secondary N) is 1. The van der Waals surface area contributed by atoms with E-state index >= 15 is 0 Å². The maximum absolute atomic E-state index is 12.8. The van der Waals surface area contributed by atoms with Gasteiger partial charge in [0.1, 0.15) is 5.75 Å². The van der Waals surface area contributed by atoms with Gasteiger partial charge in [0.15, 0.2) is 0 Å². The second-order valence-corrected chi connectivity index (χ2v) is 7.49. The number of rotatable bonds is 6. The van der Waals surface area contributed by atoms with Crippen molar-refractivity contribution in [2.45, 2.75) is 52.5 Å².